The van der Waals surface area contributed by atoms with Crippen molar-refractivity contribution < 1.29 is 9.21 Å². The molecule has 1 aromatic heterocycles. The molecule has 0 aliphatic carbocycles. The van der Waals surface area contributed by atoms with Crippen molar-refractivity contribution in [2.24, 2.45) is 11.7 Å². The van der Waals surface area contributed by atoms with Gasteiger partial charge >= 0.3 is 0 Å². The van der Waals surface area contributed by atoms with E-state index in [0.29, 0.717) is 18.8 Å². The minimum Gasteiger partial charge on any atom is -0.451 e. The van der Waals surface area contributed by atoms with Crippen molar-refractivity contribution in [3.05, 3.63) is 35.6 Å². The molecule has 0 saturated carbocycles. The van der Waals surface area contributed by atoms with Gasteiger partial charge in [-0.1, -0.05) is 25.1 Å². The number of carbonyl (C=O) groups is 1. The summed E-state index contributed by atoms with van der Waals surface area (Å²) in [5, 5.41) is 3.82. The molecule has 1 amide bonds. The standard InChI is InChI=1S/C14H18N2O2.ClH/c1-9(7-15)8-16-14(17)13-10(2)11-5-3-4-6-12(11)18-13;/h3-6,9H,7-8,15H2,1-2H3,(H,16,17);1H. The van der Waals surface area contributed by atoms with Gasteiger partial charge in [0.25, 0.3) is 5.91 Å². The molecule has 4 nitrogen and oxygen atoms in total. The number of para-hydroxylation sites is 1. The molecule has 0 radical (unpaired) electrons. The Kier molecular flexibility index (Phi) is 5.39. The Hall–Kier alpha value is -1.52. The first-order chi connectivity index (χ1) is 8.63. The SMILES string of the molecule is Cc1c(C(=O)NCC(C)CN)oc2ccccc12.Cl. The smallest absolute Gasteiger partial charge is 0.287 e. The second-order valence-electron chi connectivity index (χ2n) is 4.60. The van der Waals surface area contributed by atoms with E-state index in [1.54, 1.807) is 0 Å². The fraction of sp³-hybridized carbons (Fsp3) is 0.357. The molecule has 0 aliphatic rings. The van der Waals surface area contributed by atoms with Gasteiger partial charge in [-0.15, -0.1) is 12.4 Å². The molecular weight excluding hydrogens is 264 g/mol. The van der Waals surface area contributed by atoms with Crippen LogP contribution in [0.5, 0.6) is 0 Å². The van der Waals surface area contributed by atoms with Crippen molar-refractivity contribution in [2.75, 3.05) is 13.1 Å². The quantitative estimate of drug-likeness (QED) is 0.905. The molecule has 0 bridgehead atoms. The number of nitrogens with one attached hydrogen (secondary N) is 1. The van der Waals surface area contributed by atoms with Crippen LogP contribution in [0.3, 0.4) is 0 Å². The number of amides is 1. The van der Waals surface area contributed by atoms with E-state index in [9.17, 15) is 4.79 Å². The molecule has 5 heteroatoms. The summed E-state index contributed by atoms with van der Waals surface area (Å²) in [6, 6.07) is 7.64. The highest BCUT2D eigenvalue weighted by molar-refractivity contribution is 5.98. The number of fused-ring (bicyclic) bond motifs is 1. The molecule has 0 saturated heterocycles. The second-order valence-corrected chi connectivity index (χ2v) is 4.60. The Bertz CT molecular complexity index is 566. The van der Waals surface area contributed by atoms with Crippen LogP contribution in [-0.2, 0) is 0 Å². The average molecular weight is 283 g/mol. The summed E-state index contributed by atoms with van der Waals surface area (Å²) in [6.45, 7) is 5.00. The Morgan fingerprint density at radius 1 is 1.42 bits per heavy atom. The lowest BCUT2D eigenvalue weighted by molar-refractivity contribution is 0.0922. The van der Waals surface area contributed by atoms with E-state index >= 15 is 0 Å². The van der Waals surface area contributed by atoms with Gasteiger partial charge in [-0.05, 0) is 25.5 Å². The van der Waals surface area contributed by atoms with Crippen molar-refractivity contribution in [2.45, 2.75) is 13.8 Å². The van der Waals surface area contributed by atoms with Crippen LogP contribution in [0, 0.1) is 12.8 Å². The van der Waals surface area contributed by atoms with E-state index in [-0.39, 0.29) is 24.2 Å². The normalized spacial score (nSPS) is 11.9. The van der Waals surface area contributed by atoms with E-state index in [0.717, 1.165) is 16.5 Å². The molecule has 3 N–H and O–H groups in total. The fourth-order valence-corrected chi connectivity index (χ4v) is 1.82. The van der Waals surface area contributed by atoms with Gasteiger partial charge in [-0.3, -0.25) is 4.79 Å². The molecular formula is C14H19ClN2O2. The van der Waals surface area contributed by atoms with Gasteiger partial charge in [0.2, 0.25) is 0 Å². The zero-order chi connectivity index (χ0) is 13.1. The van der Waals surface area contributed by atoms with E-state index in [2.05, 4.69) is 5.32 Å². The zero-order valence-electron chi connectivity index (χ0n) is 11.1. The average Bonchev–Trinajstić information content (AvgIpc) is 2.73. The molecule has 1 heterocycles. The number of rotatable bonds is 4. The summed E-state index contributed by atoms with van der Waals surface area (Å²) < 4.78 is 5.58. The first-order valence-electron chi connectivity index (χ1n) is 6.10. The van der Waals surface area contributed by atoms with Crippen LogP contribution in [0.1, 0.15) is 23.0 Å². The lowest BCUT2D eigenvalue weighted by atomic mass is 10.1. The number of hydrogen-bond acceptors (Lipinski definition) is 3. The minimum absolute atomic E-state index is 0. The molecule has 1 aromatic carbocycles. The molecule has 19 heavy (non-hydrogen) atoms. The van der Waals surface area contributed by atoms with Crippen molar-refractivity contribution in [3.8, 4) is 0 Å². The summed E-state index contributed by atoms with van der Waals surface area (Å²) in [7, 11) is 0. The summed E-state index contributed by atoms with van der Waals surface area (Å²) in [6.07, 6.45) is 0. The summed E-state index contributed by atoms with van der Waals surface area (Å²) in [4.78, 5) is 12.0. The number of benzene rings is 1. The largest absolute Gasteiger partial charge is 0.451 e. The lowest BCUT2D eigenvalue weighted by Gasteiger charge is -2.08. The summed E-state index contributed by atoms with van der Waals surface area (Å²) >= 11 is 0. The molecule has 2 aromatic rings. The van der Waals surface area contributed by atoms with E-state index in [1.165, 1.54) is 0 Å². The van der Waals surface area contributed by atoms with Gasteiger partial charge in [-0.25, -0.2) is 0 Å². The third-order valence-electron chi connectivity index (χ3n) is 3.06. The maximum Gasteiger partial charge on any atom is 0.287 e. The Morgan fingerprint density at radius 3 is 2.74 bits per heavy atom. The molecule has 1 atom stereocenters. The predicted octanol–water partition coefficient (Wildman–Crippen LogP) is 2.49. The van der Waals surface area contributed by atoms with Gasteiger partial charge in [0.05, 0.1) is 0 Å². The van der Waals surface area contributed by atoms with Crippen LogP contribution >= 0.6 is 12.4 Å². The zero-order valence-corrected chi connectivity index (χ0v) is 11.9. The number of furan rings is 1. The number of aryl methyl sites for hydroxylation is 1. The fourth-order valence-electron chi connectivity index (χ4n) is 1.82. The number of halogens is 1. The Labute approximate surface area is 118 Å². The maximum absolute atomic E-state index is 12.0. The summed E-state index contributed by atoms with van der Waals surface area (Å²) in [5.41, 5.74) is 7.13. The van der Waals surface area contributed by atoms with Crippen LogP contribution in [0.25, 0.3) is 11.0 Å². The van der Waals surface area contributed by atoms with Crippen LogP contribution < -0.4 is 11.1 Å². The van der Waals surface area contributed by atoms with Crippen molar-refractivity contribution in [1.29, 1.82) is 0 Å². The molecule has 104 valence electrons. The molecule has 2 rings (SSSR count). The van der Waals surface area contributed by atoms with E-state index in [4.69, 9.17) is 10.2 Å². The predicted molar refractivity (Wildman–Crippen MR) is 78.8 cm³/mol. The van der Waals surface area contributed by atoms with E-state index in [1.807, 2.05) is 38.1 Å². The monoisotopic (exact) mass is 282 g/mol. The Morgan fingerprint density at radius 2 is 2.11 bits per heavy atom. The van der Waals surface area contributed by atoms with Crippen molar-refractivity contribution in [3.63, 3.8) is 0 Å². The highest BCUT2D eigenvalue weighted by Gasteiger charge is 2.17. The highest BCUT2D eigenvalue weighted by Crippen LogP contribution is 2.24. The topological polar surface area (TPSA) is 68.3 Å². The first-order valence-corrected chi connectivity index (χ1v) is 6.10. The van der Waals surface area contributed by atoms with Crippen LogP contribution in [-0.4, -0.2) is 19.0 Å². The first kappa shape index (κ1) is 15.5. The number of hydrogen-bond donors (Lipinski definition) is 2. The third-order valence-corrected chi connectivity index (χ3v) is 3.06. The Balaban J connectivity index is 0.00000180. The number of nitrogens with two attached hydrogens (primary N) is 1. The van der Waals surface area contributed by atoms with Gasteiger partial charge in [0.15, 0.2) is 5.76 Å². The van der Waals surface area contributed by atoms with Gasteiger partial charge in [0, 0.05) is 17.5 Å². The number of carbonyl (C=O) groups excluding carboxylic acids is 1. The molecule has 0 fully saturated rings. The summed E-state index contributed by atoms with van der Waals surface area (Å²) in [5.74, 6) is 0.475. The molecule has 1 unspecified atom stereocenters. The van der Waals surface area contributed by atoms with E-state index < -0.39 is 0 Å². The van der Waals surface area contributed by atoms with Gasteiger partial charge in [0.1, 0.15) is 5.58 Å². The van der Waals surface area contributed by atoms with Crippen LogP contribution in [0.15, 0.2) is 28.7 Å². The van der Waals surface area contributed by atoms with Crippen LogP contribution in [0.4, 0.5) is 0 Å². The highest BCUT2D eigenvalue weighted by atomic mass is 35.5. The molecule has 0 aliphatic heterocycles. The van der Waals surface area contributed by atoms with Crippen LogP contribution in [0.2, 0.25) is 0 Å². The second kappa shape index (κ2) is 6.59. The third kappa shape index (κ3) is 3.28. The lowest BCUT2D eigenvalue weighted by Crippen LogP contribution is -2.31. The van der Waals surface area contributed by atoms with Gasteiger partial charge < -0.3 is 15.5 Å². The minimum atomic E-state index is -0.177. The van der Waals surface area contributed by atoms with Crippen molar-refractivity contribution in [1.82, 2.24) is 5.32 Å². The van der Waals surface area contributed by atoms with Gasteiger partial charge in [-0.2, -0.15) is 0 Å². The maximum atomic E-state index is 12.0. The molecule has 0 spiro atoms. The van der Waals surface area contributed by atoms with Crippen molar-refractivity contribution >= 4 is 29.3 Å².